The molecule has 0 spiro atoms. The number of nitrogens with zero attached hydrogens (tertiary/aromatic N) is 3. The van der Waals surface area contributed by atoms with Crippen molar-refractivity contribution in [2.45, 2.75) is 19.4 Å². The maximum absolute atomic E-state index is 14.0. The van der Waals surface area contributed by atoms with E-state index in [-0.39, 0.29) is 49.5 Å². The summed E-state index contributed by atoms with van der Waals surface area (Å²) >= 11 is 0. The van der Waals surface area contributed by atoms with Crippen LogP contribution in [0.5, 0.6) is 5.75 Å². The van der Waals surface area contributed by atoms with E-state index in [1.54, 1.807) is 5.01 Å². The van der Waals surface area contributed by atoms with E-state index in [4.69, 9.17) is 4.74 Å². The van der Waals surface area contributed by atoms with Gasteiger partial charge in [-0.05, 0) is 23.6 Å². The van der Waals surface area contributed by atoms with Gasteiger partial charge in [-0.3, -0.25) is 24.1 Å². The van der Waals surface area contributed by atoms with Gasteiger partial charge in [0.05, 0.1) is 18.7 Å². The highest BCUT2D eigenvalue weighted by atomic mass is 19.1. The summed E-state index contributed by atoms with van der Waals surface area (Å²) in [4.78, 5) is 40.4. The lowest BCUT2D eigenvalue weighted by atomic mass is 10.0. The third-order valence-electron chi connectivity index (χ3n) is 6.00. The Morgan fingerprint density at radius 3 is 2.56 bits per heavy atom. The molecule has 3 aromatic rings. The molecular weight excluding hydrogens is 472 g/mol. The number of benzene rings is 2. The largest absolute Gasteiger partial charge is 0.502 e. The van der Waals surface area contributed by atoms with Crippen LogP contribution in [0.4, 0.5) is 8.78 Å². The summed E-state index contributed by atoms with van der Waals surface area (Å²) in [5.41, 5.74) is -0.522. The first-order chi connectivity index (χ1) is 17.3. The molecule has 0 bridgehead atoms. The average Bonchev–Trinajstić information content (AvgIpc) is 2.86. The minimum absolute atomic E-state index is 0.0651. The molecule has 2 heterocycles. The Hall–Kier alpha value is -4.05. The Morgan fingerprint density at radius 2 is 1.86 bits per heavy atom. The molecule has 0 saturated heterocycles. The van der Waals surface area contributed by atoms with Crippen molar-refractivity contribution in [2.75, 3.05) is 31.9 Å². The summed E-state index contributed by atoms with van der Waals surface area (Å²) < 4.78 is 33.6. The van der Waals surface area contributed by atoms with E-state index >= 15 is 0 Å². The van der Waals surface area contributed by atoms with Gasteiger partial charge in [0.2, 0.25) is 5.43 Å². The molecule has 10 heteroatoms. The number of carbonyl (C=O) groups is 2. The maximum Gasteiger partial charge on any atom is 0.277 e. The van der Waals surface area contributed by atoms with Crippen LogP contribution in [0, 0.1) is 11.6 Å². The van der Waals surface area contributed by atoms with Crippen molar-refractivity contribution in [1.82, 2.24) is 9.58 Å². The van der Waals surface area contributed by atoms with Crippen LogP contribution in [-0.2, 0) is 17.7 Å². The lowest BCUT2D eigenvalue weighted by molar-refractivity contribution is 0.0619. The van der Waals surface area contributed by atoms with E-state index in [0.29, 0.717) is 6.54 Å². The molecule has 2 aromatic carbocycles. The van der Waals surface area contributed by atoms with Gasteiger partial charge in [0.15, 0.2) is 17.2 Å². The number of ketones is 1. The van der Waals surface area contributed by atoms with E-state index in [1.165, 1.54) is 28.9 Å². The maximum atomic E-state index is 14.0. The van der Waals surface area contributed by atoms with Gasteiger partial charge in [-0.1, -0.05) is 36.4 Å². The predicted molar refractivity (Wildman–Crippen MR) is 128 cm³/mol. The van der Waals surface area contributed by atoms with E-state index in [0.717, 1.165) is 17.7 Å². The van der Waals surface area contributed by atoms with Crippen LogP contribution in [0.25, 0.3) is 0 Å². The van der Waals surface area contributed by atoms with Crippen LogP contribution < -0.4 is 10.4 Å². The quantitative estimate of drug-likeness (QED) is 0.457. The summed E-state index contributed by atoms with van der Waals surface area (Å²) in [5.74, 6) is -3.56. The second-order valence-electron chi connectivity index (χ2n) is 8.43. The van der Waals surface area contributed by atoms with Gasteiger partial charge in [0.25, 0.3) is 5.91 Å². The number of methoxy groups -OCH3 is 1. The minimum atomic E-state index is -0.979. The number of fused-ring (bicyclic) bond motifs is 1. The lowest BCUT2D eigenvalue weighted by Gasteiger charge is -2.39. The third-order valence-corrected chi connectivity index (χ3v) is 6.00. The molecule has 0 saturated carbocycles. The molecule has 0 radical (unpaired) electrons. The number of aromatic nitrogens is 1. The fraction of sp³-hybridized carbons (Fsp3) is 0.269. The van der Waals surface area contributed by atoms with Gasteiger partial charge in [0, 0.05) is 32.3 Å². The molecule has 0 unspecified atom stereocenters. The second kappa shape index (κ2) is 10.7. The summed E-state index contributed by atoms with van der Waals surface area (Å²) in [6, 6.07) is 12.4. The Kier molecular flexibility index (Phi) is 7.44. The molecular formula is C26H25F2N3O5. The van der Waals surface area contributed by atoms with Gasteiger partial charge in [-0.2, -0.15) is 0 Å². The van der Waals surface area contributed by atoms with Crippen LogP contribution in [0.2, 0.25) is 0 Å². The van der Waals surface area contributed by atoms with Crippen LogP contribution in [0.15, 0.2) is 59.5 Å². The van der Waals surface area contributed by atoms with Crippen molar-refractivity contribution < 1.29 is 28.2 Å². The monoisotopic (exact) mass is 497 g/mol. The van der Waals surface area contributed by atoms with Crippen molar-refractivity contribution in [3.63, 3.8) is 0 Å². The highest BCUT2D eigenvalue weighted by Gasteiger charge is 2.34. The molecule has 0 fully saturated rings. The van der Waals surface area contributed by atoms with Crippen LogP contribution in [-0.4, -0.2) is 53.3 Å². The van der Waals surface area contributed by atoms with E-state index in [9.17, 15) is 28.3 Å². The van der Waals surface area contributed by atoms with Crippen LogP contribution in [0.3, 0.4) is 0 Å². The number of halogens is 2. The first kappa shape index (κ1) is 25.1. The van der Waals surface area contributed by atoms with Crippen LogP contribution >= 0.6 is 0 Å². The molecule has 1 N–H and O–H groups in total. The number of hydrogen-bond acceptors (Lipinski definition) is 6. The summed E-state index contributed by atoms with van der Waals surface area (Å²) in [6.07, 6.45) is 0.933. The summed E-state index contributed by atoms with van der Waals surface area (Å²) in [7, 11) is 1.50. The van der Waals surface area contributed by atoms with Gasteiger partial charge in [-0.25, -0.2) is 8.78 Å². The average molecular weight is 497 g/mol. The molecule has 0 atom stereocenters. The number of rotatable bonds is 9. The zero-order chi connectivity index (χ0) is 25.8. The Labute approximate surface area is 205 Å². The van der Waals surface area contributed by atoms with Crippen molar-refractivity contribution in [3.8, 4) is 5.75 Å². The molecule has 36 heavy (non-hydrogen) atoms. The molecule has 1 aromatic heterocycles. The van der Waals surface area contributed by atoms with Gasteiger partial charge in [-0.15, -0.1) is 0 Å². The highest BCUT2D eigenvalue weighted by Crippen LogP contribution is 2.23. The summed E-state index contributed by atoms with van der Waals surface area (Å²) in [5, 5.41) is 12.5. The molecule has 4 rings (SSSR count). The van der Waals surface area contributed by atoms with Gasteiger partial charge in [0.1, 0.15) is 18.3 Å². The van der Waals surface area contributed by atoms with Crippen molar-refractivity contribution in [2.24, 2.45) is 0 Å². The van der Waals surface area contributed by atoms with Crippen LogP contribution in [0.1, 0.15) is 38.4 Å². The van der Waals surface area contributed by atoms with Crippen molar-refractivity contribution in [3.05, 3.63) is 99.0 Å². The first-order valence-electron chi connectivity index (χ1n) is 11.3. The topological polar surface area (TPSA) is 92.1 Å². The SMILES string of the molecule is COCCN1CN(Cc2ccccc2)n2cc(C(=O)CCc3ccc(F)cc3F)c(=O)c(O)c2C1=O. The number of amides is 1. The molecule has 8 nitrogen and oxygen atoms in total. The van der Waals surface area contributed by atoms with E-state index in [2.05, 4.69) is 0 Å². The highest BCUT2D eigenvalue weighted by molar-refractivity contribution is 6.00. The van der Waals surface area contributed by atoms with E-state index < -0.39 is 34.5 Å². The number of carbonyl (C=O) groups excluding carboxylic acids is 2. The zero-order valence-electron chi connectivity index (χ0n) is 19.6. The zero-order valence-corrected chi connectivity index (χ0v) is 19.6. The summed E-state index contributed by atoms with van der Waals surface area (Å²) in [6.45, 7) is 0.937. The number of Topliss-reactive ketones (excluding diaryl/α,β-unsaturated/α-hetero) is 1. The second-order valence-corrected chi connectivity index (χ2v) is 8.43. The number of ether oxygens (including phenoxy) is 1. The number of pyridine rings is 1. The van der Waals surface area contributed by atoms with Crippen molar-refractivity contribution >= 4 is 11.7 Å². The third kappa shape index (κ3) is 5.13. The van der Waals surface area contributed by atoms with Gasteiger partial charge < -0.3 is 14.7 Å². The van der Waals surface area contributed by atoms with Gasteiger partial charge >= 0.3 is 0 Å². The predicted octanol–water partition coefficient (Wildman–Crippen LogP) is 2.85. The number of hydrogen-bond donors (Lipinski definition) is 1. The number of aryl methyl sites for hydroxylation is 1. The molecule has 0 aliphatic carbocycles. The Bertz CT molecular complexity index is 1340. The van der Waals surface area contributed by atoms with E-state index in [1.807, 2.05) is 30.3 Å². The smallest absolute Gasteiger partial charge is 0.277 e. The molecule has 1 amide bonds. The normalized spacial score (nSPS) is 13.1. The first-order valence-corrected chi connectivity index (χ1v) is 11.3. The molecule has 1 aliphatic heterocycles. The number of aromatic hydroxyl groups is 1. The molecule has 188 valence electrons. The van der Waals surface area contributed by atoms with Crippen molar-refractivity contribution in [1.29, 1.82) is 0 Å². The Balaban J connectivity index is 1.69. The fourth-order valence-electron chi connectivity index (χ4n) is 4.09. The standard InChI is InChI=1S/C26H25F2N3O5/c1-36-12-11-29-16-30(14-17-5-3-2-4-6-17)31-15-20(24(33)25(34)23(31)26(29)35)22(32)10-8-18-7-9-19(27)13-21(18)28/h2-7,9,13,15,34H,8,10-12,14,16H2,1H3. The lowest BCUT2D eigenvalue weighted by Crippen LogP contribution is -2.54. The molecule has 1 aliphatic rings. The Morgan fingerprint density at radius 1 is 1.11 bits per heavy atom. The minimum Gasteiger partial charge on any atom is -0.502 e. The fourth-order valence-corrected chi connectivity index (χ4v) is 4.09.